The average Bonchev–Trinajstić information content (AvgIpc) is 2.41. The Hall–Kier alpha value is -1.62. The molecule has 5 heteroatoms. The number of hydrogen-bond donors (Lipinski definition) is 1. The highest BCUT2D eigenvalue weighted by atomic mass is 79.9. The first-order valence-electron chi connectivity index (χ1n) is 6.01. The van der Waals surface area contributed by atoms with E-state index in [-0.39, 0.29) is 24.4 Å². The summed E-state index contributed by atoms with van der Waals surface area (Å²) in [7, 11) is 0. The van der Waals surface area contributed by atoms with Crippen molar-refractivity contribution in [1.82, 2.24) is 0 Å². The maximum atomic E-state index is 11.7. The number of carbonyl (C=O) groups is 2. The first kappa shape index (κ1) is 15.4. The quantitative estimate of drug-likeness (QED) is 0.377. The summed E-state index contributed by atoms with van der Waals surface area (Å²) in [6.45, 7) is 3.65. The smallest absolute Gasteiger partial charge is 0.343 e. The number of benzene rings is 1. The highest BCUT2D eigenvalue weighted by molar-refractivity contribution is 9.10. The summed E-state index contributed by atoms with van der Waals surface area (Å²) in [5.74, 6) is -0.845. The van der Waals surface area contributed by atoms with Gasteiger partial charge in [-0.3, -0.25) is 4.79 Å². The molecule has 0 heterocycles. The second-order valence-electron chi connectivity index (χ2n) is 3.71. The van der Waals surface area contributed by atoms with Gasteiger partial charge in [0.15, 0.2) is 5.78 Å². The molecule has 4 nitrogen and oxygen atoms in total. The molecule has 0 saturated carbocycles. The molecule has 0 bridgehead atoms. The largest absolute Gasteiger partial charge is 0.462 e. The van der Waals surface area contributed by atoms with E-state index >= 15 is 0 Å². The molecule has 0 unspecified atom stereocenters. The van der Waals surface area contributed by atoms with E-state index < -0.39 is 5.97 Å². The maximum Gasteiger partial charge on any atom is 0.343 e. The van der Waals surface area contributed by atoms with E-state index in [1.54, 1.807) is 13.8 Å². The van der Waals surface area contributed by atoms with Crippen molar-refractivity contribution in [2.45, 2.75) is 20.3 Å². The van der Waals surface area contributed by atoms with E-state index in [9.17, 15) is 9.59 Å². The van der Waals surface area contributed by atoms with Gasteiger partial charge in [-0.15, -0.1) is 0 Å². The number of ether oxygens (including phenoxy) is 1. The van der Waals surface area contributed by atoms with Crippen molar-refractivity contribution in [3.63, 3.8) is 0 Å². The SMILES string of the molecule is CCOC(=O)C(=CNc1ccc(Br)cc1)C(=O)CC. The first-order valence-corrected chi connectivity index (χ1v) is 6.80. The lowest BCUT2D eigenvalue weighted by molar-refractivity contribution is -0.140. The van der Waals surface area contributed by atoms with Gasteiger partial charge in [-0.05, 0) is 31.2 Å². The van der Waals surface area contributed by atoms with Crippen molar-refractivity contribution in [1.29, 1.82) is 0 Å². The molecule has 1 N–H and O–H groups in total. The van der Waals surface area contributed by atoms with Crippen molar-refractivity contribution >= 4 is 33.4 Å². The summed E-state index contributed by atoms with van der Waals surface area (Å²) in [4.78, 5) is 23.3. The minimum atomic E-state index is -0.598. The Kier molecular flexibility index (Phi) is 6.29. The molecule has 1 aromatic rings. The first-order chi connectivity index (χ1) is 9.08. The molecule has 0 aliphatic rings. The van der Waals surface area contributed by atoms with Crippen molar-refractivity contribution in [3.8, 4) is 0 Å². The van der Waals surface area contributed by atoms with Gasteiger partial charge in [0.1, 0.15) is 5.57 Å². The molecule has 19 heavy (non-hydrogen) atoms. The monoisotopic (exact) mass is 325 g/mol. The third-order valence-corrected chi connectivity index (χ3v) is 2.87. The van der Waals surface area contributed by atoms with Crippen LogP contribution in [-0.4, -0.2) is 18.4 Å². The van der Waals surface area contributed by atoms with Gasteiger partial charge in [0.2, 0.25) is 0 Å². The van der Waals surface area contributed by atoms with Crippen LogP contribution in [0.4, 0.5) is 5.69 Å². The number of esters is 1. The van der Waals surface area contributed by atoms with Crippen LogP contribution in [0.5, 0.6) is 0 Å². The summed E-state index contributed by atoms with van der Waals surface area (Å²) in [5, 5.41) is 2.92. The van der Waals surface area contributed by atoms with Crippen LogP contribution in [0.3, 0.4) is 0 Å². The highest BCUT2D eigenvalue weighted by Crippen LogP contribution is 2.15. The average molecular weight is 326 g/mol. The third-order valence-electron chi connectivity index (χ3n) is 2.34. The van der Waals surface area contributed by atoms with Crippen molar-refractivity contribution < 1.29 is 14.3 Å². The summed E-state index contributed by atoms with van der Waals surface area (Å²) < 4.78 is 5.81. The molecular formula is C14H16BrNO3. The van der Waals surface area contributed by atoms with Gasteiger partial charge in [0.25, 0.3) is 0 Å². The molecule has 0 radical (unpaired) electrons. The zero-order chi connectivity index (χ0) is 14.3. The Labute approximate surface area is 121 Å². The number of carbonyl (C=O) groups excluding carboxylic acids is 2. The topological polar surface area (TPSA) is 55.4 Å². The number of nitrogens with one attached hydrogen (secondary N) is 1. The highest BCUT2D eigenvalue weighted by Gasteiger charge is 2.17. The zero-order valence-electron chi connectivity index (χ0n) is 10.9. The number of hydrogen-bond acceptors (Lipinski definition) is 4. The zero-order valence-corrected chi connectivity index (χ0v) is 12.5. The van der Waals surface area contributed by atoms with E-state index in [4.69, 9.17) is 4.74 Å². The van der Waals surface area contributed by atoms with E-state index in [2.05, 4.69) is 21.2 Å². The lowest BCUT2D eigenvalue weighted by Gasteiger charge is -2.06. The van der Waals surface area contributed by atoms with Crippen LogP contribution in [0.25, 0.3) is 0 Å². The van der Waals surface area contributed by atoms with Crippen LogP contribution >= 0.6 is 15.9 Å². The Morgan fingerprint density at radius 3 is 2.42 bits per heavy atom. The molecule has 0 saturated heterocycles. The molecule has 1 rings (SSSR count). The number of ketones is 1. The van der Waals surface area contributed by atoms with E-state index in [1.807, 2.05) is 24.3 Å². The molecule has 0 aliphatic carbocycles. The second kappa shape index (κ2) is 7.74. The third kappa shape index (κ3) is 4.87. The minimum Gasteiger partial charge on any atom is -0.462 e. The summed E-state index contributed by atoms with van der Waals surface area (Å²) in [6.07, 6.45) is 1.65. The molecule has 0 atom stereocenters. The molecule has 102 valence electrons. The second-order valence-corrected chi connectivity index (χ2v) is 4.62. The van der Waals surface area contributed by atoms with Crippen molar-refractivity contribution in [2.75, 3.05) is 11.9 Å². The molecule has 0 amide bonds. The molecule has 0 spiro atoms. The van der Waals surface area contributed by atoms with Crippen LogP contribution in [0.1, 0.15) is 20.3 Å². The summed E-state index contributed by atoms with van der Waals surface area (Å²) >= 11 is 3.33. The normalized spacial score (nSPS) is 11.0. The fourth-order valence-electron chi connectivity index (χ4n) is 1.35. The van der Waals surface area contributed by atoms with Gasteiger partial charge >= 0.3 is 5.97 Å². The number of anilines is 1. The van der Waals surface area contributed by atoms with Crippen molar-refractivity contribution in [2.24, 2.45) is 0 Å². The fraction of sp³-hybridized carbons (Fsp3) is 0.286. The summed E-state index contributed by atoms with van der Waals surface area (Å²) in [6, 6.07) is 7.39. The van der Waals surface area contributed by atoms with E-state index in [0.29, 0.717) is 0 Å². The van der Waals surface area contributed by atoms with Gasteiger partial charge in [-0.1, -0.05) is 22.9 Å². The van der Waals surface area contributed by atoms with Crippen LogP contribution in [0.2, 0.25) is 0 Å². The molecule has 0 fully saturated rings. The molecular weight excluding hydrogens is 310 g/mol. The van der Waals surface area contributed by atoms with Gasteiger partial charge < -0.3 is 10.1 Å². The maximum absolute atomic E-state index is 11.7. The number of Topliss-reactive ketones (excluding diaryl/α,β-unsaturated/α-hetero) is 1. The Morgan fingerprint density at radius 2 is 1.89 bits per heavy atom. The minimum absolute atomic E-state index is 0.0345. The van der Waals surface area contributed by atoms with Crippen molar-refractivity contribution in [3.05, 3.63) is 40.5 Å². The summed E-state index contributed by atoms with van der Waals surface area (Å²) in [5.41, 5.74) is 0.821. The van der Waals surface area contributed by atoms with Gasteiger partial charge in [0, 0.05) is 22.8 Å². The Bertz CT molecular complexity index is 480. The van der Waals surface area contributed by atoms with Gasteiger partial charge in [-0.2, -0.15) is 0 Å². The van der Waals surface area contributed by atoms with Gasteiger partial charge in [0.05, 0.1) is 6.61 Å². The van der Waals surface area contributed by atoms with Crippen LogP contribution < -0.4 is 5.32 Å². The standard InChI is InChI=1S/C14H16BrNO3/c1-3-13(17)12(14(18)19-4-2)9-16-11-7-5-10(15)6-8-11/h5-9,16H,3-4H2,1-2H3. The lowest BCUT2D eigenvalue weighted by atomic mass is 10.1. The number of rotatable bonds is 6. The number of halogens is 1. The predicted molar refractivity (Wildman–Crippen MR) is 77.8 cm³/mol. The van der Waals surface area contributed by atoms with Crippen LogP contribution in [0, 0.1) is 0 Å². The Balaban J connectivity index is 2.85. The molecule has 0 aliphatic heterocycles. The van der Waals surface area contributed by atoms with E-state index in [1.165, 1.54) is 6.20 Å². The van der Waals surface area contributed by atoms with Gasteiger partial charge in [-0.25, -0.2) is 4.79 Å². The predicted octanol–water partition coefficient (Wildman–Crippen LogP) is 3.29. The van der Waals surface area contributed by atoms with E-state index in [0.717, 1.165) is 10.2 Å². The Morgan fingerprint density at radius 1 is 1.26 bits per heavy atom. The molecule has 0 aromatic heterocycles. The van der Waals surface area contributed by atoms with Crippen LogP contribution in [-0.2, 0) is 14.3 Å². The molecule has 1 aromatic carbocycles. The van der Waals surface area contributed by atoms with Crippen LogP contribution in [0.15, 0.2) is 40.5 Å². The fourth-order valence-corrected chi connectivity index (χ4v) is 1.62. The lowest BCUT2D eigenvalue weighted by Crippen LogP contribution is -2.16.